The molecule has 0 saturated heterocycles. The van der Waals surface area contributed by atoms with Crippen LogP contribution in [0.1, 0.15) is 6.92 Å². The summed E-state index contributed by atoms with van der Waals surface area (Å²) < 4.78 is 13.7. The maximum atomic E-state index is 13.7. The van der Waals surface area contributed by atoms with Gasteiger partial charge in [0.15, 0.2) is 11.6 Å². The number of rotatable bonds is 2. The minimum atomic E-state index is -0.613. The lowest BCUT2D eigenvalue weighted by Gasteiger charge is -2.06. The number of carbonyl (C=O) groups excluding carboxylic acids is 2. The molecule has 134 valence electrons. The van der Waals surface area contributed by atoms with Crippen LogP contribution in [0.3, 0.4) is 0 Å². The lowest BCUT2D eigenvalue weighted by Crippen LogP contribution is -1.83. The van der Waals surface area contributed by atoms with Crippen molar-refractivity contribution in [3.63, 3.8) is 0 Å². The third-order valence-corrected chi connectivity index (χ3v) is 3.21. The summed E-state index contributed by atoms with van der Waals surface area (Å²) in [6.45, 7) is 8.08. The molecule has 2 N–H and O–H groups in total. The molecule has 0 unspecified atom stereocenters. The van der Waals surface area contributed by atoms with E-state index in [4.69, 9.17) is 4.79 Å². The zero-order chi connectivity index (χ0) is 19.7. The highest BCUT2D eigenvalue weighted by molar-refractivity contribution is 6.08. The molecule has 5 heteroatoms. The highest BCUT2D eigenvalue weighted by Crippen LogP contribution is 2.32. The van der Waals surface area contributed by atoms with Gasteiger partial charge in [-0.2, -0.15) is 0 Å². The van der Waals surface area contributed by atoms with Crippen LogP contribution in [0, 0.1) is 5.82 Å². The summed E-state index contributed by atoms with van der Waals surface area (Å²) in [5.74, 6) is -0.788. The van der Waals surface area contributed by atoms with Gasteiger partial charge in [-0.05, 0) is 59.0 Å². The third kappa shape index (κ3) is 5.27. The van der Waals surface area contributed by atoms with E-state index in [0.29, 0.717) is 17.2 Å². The summed E-state index contributed by atoms with van der Waals surface area (Å²) in [6, 6.07) is 11.3. The van der Waals surface area contributed by atoms with Crippen molar-refractivity contribution in [1.82, 2.24) is 0 Å². The highest BCUT2D eigenvalue weighted by atomic mass is 19.1. The molecule has 0 amide bonds. The Kier molecular flexibility index (Phi) is 7.70. The van der Waals surface area contributed by atoms with Gasteiger partial charge in [0.1, 0.15) is 18.3 Å². The summed E-state index contributed by atoms with van der Waals surface area (Å²) in [4.78, 5) is 18.5. The molecule has 0 bridgehead atoms. The van der Waals surface area contributed by atoms with E-state index in [1.807, 2.05) is 0 Å². The number of hydrogen-bond donors (Lipinski definition) is 2. The first kappa shape index (κ1) is 20.6. The molecular weight excluding hydrogens is 335 g/mol. The summed E-state index contributed by atoms with van der Waals surface area (Å²) in [5.41, 5.74) is 0.574. The van der Waals surface area contributed by atoms with Crippen molar-refractivity contribution in [2.24, 2.45) is 0 Å². The van der Waals surface area contributed by atoms with Crippen molar-refractivity contribution in [3.8, 4) is 11.5 Å². The van der Waals surface area contributed by atoms with Crippen molar-refractivity contribution in [2.75, 3.05) is 0 Å². The Labute approximate surface area is 150 Å². The lowest BCUT2D eigenvalue weighted by molar-refractivity contribution is -0.105. The summed E-state index contributed by atoms with van der Waals surface area (Å²) in [7, 11) is 0. The molecule has 0 aromatic heterocycles. The first-order valence-electron chi connectivity index (χ1n) is 7.55. The van der Waals surface area contributed by atoms with Gasteiger partial charge in [-0.3, -0.25) is 9.59 Å². The minimum absolute atomic E-state index is 0.177. The number of halogens is 1. The van der Waals surface area contributed by atoms with Gasteiger partial charge in [-0.25, -0.2) is 4.39 Å². The second kappa shape index (κ2) is 9.74. The number of aldehydes is 2. The smallest absolute Gasteiger partial charge is 0.172 e. The predicted octanol–water partition coefficient (Wildman–Crippen LogP) is 4.68. The SMILES string of the molecule is C=C(C)C=O.C=CC=O.Oc1ccc2c(ccc3c(F)c(O)ccc32)c1. The molecule has 3 aromatic rings. The van der Waals surface area contributed by atoms with Crippen molar-refractivity contribution < 1.29 is 24.2 Å². The molecular formula is C21H19FO4. The van der Waals surface area contributed by atoms with E-state index in [2.05, 4.69) is 13.2 Å². The van der Waals surface area contributed by atoms with Crippen LogP contribution in [-0.2, 0) is 9.59 Å². The van der Waals surface area contributed by atoms with Gasteiger partial charge in [-0.1, -0.05) is 31.4 Å². The molecule has 0 spiro atoms. The molecule has 3 aromatic carbocycles. The molecule has 3 rings (SSSR count). The lowest BCUT2D eigenvalue weighted by atomic mass is 10.0. The van der Waals surface area contributed by atoms with Crippen LogP contribution < -0.4 is 0 Å². The molecule has 0 aliphatic carbocycles. The second-order valence-corrected chi connectivity index (χ2v) is 5.30. The van der Waals surface area contributed by atoms with Crippen LogP contribution in [0.25, 0.3) is 21.5 Å². The minimum Gasteiger partial charge on any atom is -0.508 e. The van der Waals surface area contributed by atoms with Gasteiger partial charge in [0, 0.05) is 5.39 Å². The molecule has 0 radical (unpaired) electrons. The van der Waals surface area contributed by atoms with E-state index in [1.165, 1.54) is 12.1 Å². The number of phenols is 2. The van der Waals surface area contributed by atoms with Gasteiger partial charge >= 0.3 is 0 Å². The monoisotopic (exact) mass is 354 g/mol. The molecule has 0 aliphatic heterocycles. The molecule has 0 heterocycles. The largest absolute Gasteiger partial charge is 0.508 e. The van der Waals surface area contributed by atoms with E-state index in [9.17, 15) is 19.4 Å². The Hall–Kier alpha value is -3.47. The predicted molar refractivity (Wildman–Crippen MR) is 102 cm³/mol. The fraction of sp³-hybridized carbons (Fsp3) is 0.0476. The normalized spacial score (nSPS) is 9.31. The summed E-state index contributed by atoms with van der Waals surface area (Å²) in [5, 5.41) is 21.5. The van der Waals surface area contributed by atoms with Gasteiger partial charge in [-0.15, -0.1) is 0 Å². The zero-order valence-electron chi connectivity index (χ0n) is 14.3. The number of hydrogen-bond acceptors (Lipinski definition) is 4. The average Bonchev–Trinajstić information content (AvgIpc) is 2.64. The fourth-order valence-corrected chi connectivity index (χ4v) is 2.09. The van der Waals surface area contributed by atoms with Crippen molar-refractivity contribution in [1.29, 1.82) is 0 Å². The first-order chi connectivity index (χ1) is 12.3. The van der Waals surface area contributed by atoms with Crippen LogP contribution in [0.2, 0.25) is 0 Å². The number of aromatic hydroxyl groups is 2. The maximum absolute atomic E-state index is 13.7. The van der Waals surface area contributed by atoms with Gasteiger partial charge < -0.3 is 10.2 Å². The Morgan fingerprint density at radius 2 is 1.54 bits per heavy atom. The number of allylic oxidation sites excluding steroid dienone is 2. The fourth-order valence-electron chi connectivity index (χ4n) is 2.09. The Morgan fingerprint density at radius 1 is 1.00 bits per heavy atom. The number of carbonyl (C=O) groups is 2. The van der Waals surface area contributed by atoms with Crippen LogP contribution >= 0.6 is 0 Å². The number of benzene rings is 3. The van der Waals surface area contributed by atoms with E-state index < -0.39 is 5.82 Å². The molecule has 26 heavy (non-hydrogen) atoms. The Morgan fingerprint density at radius 3 is 2.08 bits per heavy atom. The second-order valence-electron chi connectivity index (χ2n) is 5.30. The van der Waals surface area contributed by atoms with E-state index in [-0.39, 0.29) is 11.5 Å². The molecule has 0 aliphatic rings. The maximum Gasteiger partial charge on any atom is 0.172 e. The summed E-state index contributed by atoms with van der Waals surface area (Å²) in [6.07, 6.45) is 2.56. The van der Waals surface area contributed by atoms with E-state index in [1.54, 1.807) is 43.3 Å². The molecule has 0 fully saturated rings. The number of phenolic OH excluding ortho intramolecular Hbond substituents is 2. The third-order valence-electron chi connectivity index (χ3n) is 3.21. The van der Waals surface area contributed by atoms with E-state index >= 15 is 0 Å². The van der Waals surface area contributed by atoms with Crippen molar-refractivity contribution >= 4 is 34.1 Å². The Bertz CT molecular complexity index is 955. The van der Waals surface area contributed by atoms with Crippen molar-refractivity contribution in [2.45, 2.75) is 6.92 Å². The average molecular weight is 354 g/mol. The van der Waals surface area contributed by atoms with Crippen molar-refractivity contribution in [3.05, 3.63) is 73.1 Å². The zero-order valence-corrected chi connectivity index (χ0v) is 14.3. The molecule has 0 atom stereocenters. The topological polar surface area (TPSA) is 74.6 Å². The number of fused-ring (bicyclic) bond motifs is 3. The Balaban J connectivity index is 0.000000317. The molecule has 0 saturated carbocycles. The summed E-state index contributed by atoms with van der Waals surface area (Å²) >= 11 is 0. The molecule has 4 nitrogen and oxygen atoms in total. The van der Waals surface area contributed by atoms with Gasteiger partial charge in [0.25, 0.3) is 0 Å². The van der Waals surface area contributed by atoms with E-state index in [0.717, 1.165) is 22.4 Å². The highest BCUT2D eigenvalue weighted by Gasteiger charge is 2.08. The standard InChI is InChI=1S/C14H9FO2.C4H6O.C3H4O/c15-14-12-3-1-8-7-9(16)2-4-10(8)11(12)5-6-13(14)17;1-4(2)3-5;1-2-3-4/h1-7,16-17H;3H,1H2,2H3;2-3H,1H2. The van der Waals surface area contributed by atoms with Gasteiger partial charge in [0.05, 0.1) is 0 Å². The van der Waals surface area contributed by atoms with Crippen LogP contribution in [-0.4, -0.2) is 22.8 Å². The van der Waals surface area contributed by atoms with Crippen LogP contribution in [0.15, 0.2) is 67.3 Å². The van der Waals surface area contributed by atoms with Crippen LogP contribution in [0.4, 0.5) is 4.39 Å². The quantitative estimate of drug-likeness (QED) is 0.398. The first-order valence-corrected chi connectivity index (χ1v) is 7.55. The van der Waals surface area contributed by atoms with Gasteiger partial charge in [0.2, 0.25) is 0 Å². The van der Waals surface area contributed by atoms with Crippen LogP contribution in [0.5, 0.6) is 11.5 Å².